The second-order valence-electron chi connectivity index (χ2n) is 9.04. The van der Waals surface area contributed by atoms with Gasteiger partial charge in [0.25, 0.3) is 5.91 Å². The van der Waals surface area contributed by atoms with Gasteiger partial charge in [-0.2, -0.15) is 0 Å². The number of fused-ring (bicyclic) bond motifs is 2. The Balaban J connectivity index is 1.52. The van der Waals surface area contributed by atoms with Crippen LogP contribution in [0, 0.1) is 5.82 Å². The van der Waals surface area contributed by atoms with E-state index in [2.05, 4.69) is 5.32 Å². The summed E-state index contributed by atoms with van der Waals surface area (Å²) in [6.07, 6.45) is 4.44. The SMILES string of the molecule is CC(NC(=O)c1c2c(nc3ccccc13)/C(=C\c1ccc(F)cc1)CCC2)C(=O)N1CCOCC1. The number of carbonyl (C=O) groups is 2. The van der Waals surface area contributed by atoms with Gasteiger partial charge in [0.1, 0.15) is 11.9 Å². The summed E-state index contributed by atoms with van der Waals surface area (Å²) in [5, 5.41) is 3.72. The first-order chi connectivity index (χ1) is 17.0. The number of para-hydroxylation sites is 1. The molecule has 1 unspecified atom stereocenters. The van der Waals surface area contributed by atoms with E-state index < -0.39 is 6.04 Å². The van der Waals surface area contributed by atoms with E-state index >= 15 is 0 Å². The lowest BCUT2D eigenvalue weighted by molar-refractivity contribution is -0.136. The van der Waals surface area contributed by atoms with E-state index in [1.165, 1.54) is 12.1 Å². The maximum Gasteiger partial charge on any atom is 0.252 e. The first-order valence-electron chi connectivity index (χ1n) is 12.1. The number of rotatable bonds is 4. The van der Waals surface area contributed by atoms with Gasteiger partial charge in [0, 0.05) is 18.5 Å². The molecule has 2 heterocycles. The van der Waals surface area contributed by atoms with Crippen LogP contribution in [0.15, 0.2) is 48.5 Å². The molecule has 1 aliphatic carbocycles. The minimum absolute atomic E-state index is 0.106. The van der Waals surface area contributed by atoms with Crippen molar-refractivity contribution in [2.45, 2.75) is 32.2 Å². The Bertz CT molecular complexity index is 1300. The predicted molar refractivity (Wildman–Crippen MR) is 133 cm³/mol. The van der Waals surface area contributed by atoms with E-state index in [0.717, 1.165) is 52.6 Å². The van der Waals surface area contributed by atoms with Crippen LogP contribution in [0.1, 0.15) is 46.9 Å². The lowest BCUT2D eigenvalue weighted by atomic mass is 9.85. The van der Waals surface area contributed by atoms with Gasteiger partial charge in [-0.15, -0.1) is 0 Å². The normalized spacial score (nSPS) is 17.8. The van der Waals surface area contributed by atoms with E-state index in [4.69, 9.17) is 9.72 Å². The second kappa shape index (κ2) is 9.96. The van der Waals surface area contributed by atoms with Crippen molar-refractivity contribution in [2.75, 3.05) is 26.3 Å². The van der Waals surface area contributed by atoms with Crippen molar-refractivity contribution in [1.29, 1.82) is 0 Å². The molecule has 5 rings (SSSR count). The van der Waals surface area contributed by atoms with Gasteiger partial charge in [0.2, 0.25) is 5.91 Å². The molecular formula is C28H28FN3O3. The fraction of sp³-hybridized carbons (Fsp3) is 0.321. The van der Waals surface area contributed by atoms with Crippen LogP contribution in [0.5, 0.6) is 0 Å². The number of amides is 2. The molecule has 1 aliphatic heterocycles. The lowest BCUT2D eigenvalue weighted by Crippen LogP contribution is -2.50. The van der Waals surface area contributed by atoms with E-state index in [-0.39, 0.29) is 17.6 Å². The second-order valence-corrected chi connectivity index (χ2v) is 9.04. The van der Waals surface area contributed by atoms with Crippen LogP contribution in [0.2, 0.25) is 0 Å². The Morgan fingerprint density at radius 2 is 1.83 bits per heavy atom. The van der Waals surface area contributed by atoms with Crippen LogP contribution < -0.4 is 5.32 Å². The highest BCUT2D eigenvalue weighted by Crippen LogP contribution is 2.36. The van der Waals surface area contributed by atoms with Crippen molar-refractivity contribution < 1.29 is 18.7 Å². The number of halogens is 1. The largest absolute Gasteiger partial charge is 0.378 e. The van der Waals surface area contributed by atoms with Gasteiger partial charge < -0.3 is 15.0 Å². The number of aromatic nitrogens is 1. The zero-order valence-corrected chi connectivity index (χ0v) is 19.7. The molecule has 35 heavy (non-hydrogen) atoms. The number of hydrogen-bond acceptors (Lipinski definition) is 4. The summed E-state index contributed by atoms with van der Waals surface area (Å²) in [4.78, 5) is 33.2. The van der Waals surface area contributed by atoms with Crippen LogP contribution in [-0.4, -0.2) is 54.0 Å². The summed E-state index contributed by atoms with van der Waals surface area (Å²) in [5.41, 5.74) is 4.92. The summed E-state index contributed by atoms with van der Waals surface area (Å²) in [6, 6.07) is 13.3. The Morgan fingerprint density at radius 3 is 2.60 bits per heavy atom. The van der Waals surface area contributed by atoms with Crippen LogP contribution >= 0.6 is 0 Å². The van der Waals surface area contributed by atoms with Gasteiger partial charge in [-0.05, 0) is 67.2 Å². The summed E-state index contributed by atoms with van der Waals surface area (Å²) < 4.78 is 18.7. The van der Waals surface area contributed by atoms with Gasteiger partial charge in [0.15, 0.2) is 0 Å². The summed E-state index contributed by atoms with van der Waals surface area (Å²) in [5.74, 6) is -0.650. The first-order valence-corrected chi connectivity index (χ1v) is 12.1. The van der Waals surface area contributed by atoms with E-state index in [1.807, 2.05) is 30.3 Å². The highest BCUT2D eigenvalue weighted by atomic mass is 19.1. The summed E-state index contributed by atoms with van der Waals surface area (Å²) in [6.45, 7) is 3.82. The molecule has 1 aromatic heterocycles. The van der Waals surface area contributed by atoms with Crippen LogP contribution in [0.3, 0.4) is 0 Å². The number of nitrogens with one attached hydrogen (secondary N) is 1. The summed E-state index contributed by atoms with van der Waals surface area (Å²) >= 11 is 0. The Hall–Kier alpha value is -3.58. The minimum atomic E-state index is -0.652. The fourth-order valence-corrected chi connectivity index (χ4v) is 4.88. The molecule has 2 aromatic carbocycles. The third-order valence-corrected chi connectivity index (χ3v) is 6.65. The number of nitrogens with zero attached hydrogens (tertiary/aromatic N) is 2. The average Bonchev–Trinajstić information content (AvgIpc) is 2.89. The number of ether oxygens (including phenoxy) is 1. The number of allylic oxidation sites excluding steroid dienone is 1. The van der Waals surface area contributed by atoms with Crippen molar-refractivity contribution in [1.82, 2.24) is 15.2 Å². The molecule has 7 heteroatoms. The molecule has 1 atom stereocenters. The number of hydrogen-bond donors (Lipinski definition) is 1. The van der Waals surface area contributed by atoms with Crippen LogP contribution in [-0.2, 0) is 16.0 Å². The molecule has 0 radical (unpaired) electrons. The van der Waals surface area contributed by atoms with E-state index in [1.54, 1.807) is 24.0 Å². The van der Waals surface area contributed by atoms with Gasteiger partial charge in [-0.1, -0.05) is 30.3 Å². The van der Waals surface area contributed by atoms with Crippen molar-refractivity contribution >= 4 is 34.4 Å². The number of carbonyl (C=O) groups excluding carboxylic acids is 2. The maximum atomic E-state index is 13.6. The summed E-state index contributed by atoms with van der Waals surface area (Å²) in [7, 11) is 0. The lowest BCUT2D eigenvalue weighted by Gasteiger charge is -2.30. The quantitative estimate of drug-likeness (QED) is 0.616. The third-order valence-electron chi connectivity index (χ3n) is 6.65. The van der Waals surface area contributed by atoms with Crippen LogP contribution in [0.4, 0.5) is 4.39 Å². The van der Waals surface area contributed by atoms with Gasteiger partial charge in [-0.3, -0.25) is 9.59 Å². The third kappa shape index (κ3) is 4.82. The fourth-order valence-electron chi connectivity index (χ4n) is 4.88. The molecular weight excluding hydrogens is 445 g/mol. The van der Waals surface area contributed by atoms with Crippen LogP contribution in [0.25, 0.3) is 22.6 Å². The van der Waals surface area contributed by atoms with Gasteiger partial charge >= 0.3 is 0 Å². The number of pyridine rings is 1. The highest BCUT2D eigenvalue weighted by molar-refractivity contribution is 6.10. The monoisotopic (exact) mass is 473 g/mol. The molecule has 0 spiro atoms. The highest BCUT2D eigenvalue weighted by Gasteiger charge is 2.28. The van der Waals surface area contributed by atoms with Crippen molar-refractivity contribution in [3.8, 4) is 0 Å². The zero-order valence-electron chi connectivity index (χ0n) is 19.7. The van der Waals surface area contributed by atoms with Gasteiger partial charge in [-0.25, -0.2) is 9.37 Å². The molecule has 0 saturated carbocycles. The molecule has 2 amide bonds. The smallest absolute Gasteiger partial charge is 0.252 e. The molecule has 3 aromatic rings. The van der Waals surface area contributed by atoms with Crippen molar-refractivity contribution in [3.05, 3.63) is 76.7 Å². The molecule has 180 valence electrons. The predicted octanol–water partition coefficient (Wildman–Crippen LogP) is 4.23. The molecule has 1 N–H and O–H groups in total. The Kier molecular flexibility index (Phi) is 6.59. The topological polar surface area (TPSA) is 71.5 Å². The van der Waals surface area contributed by atoms with E-state index in [0.29, 0.717) is 31.9 Å². The molecule has 1 fully saturated rings. The number of morpholine rings is 1. The zero-order chi connectivity index (χ0) is 24.4. The van der Waals surface area contributed by atoms with Crippen molar-refractivity contribution in [3.63, 3.8) is 0 Å². The molecule has 2 aliphatic rings. The Morgan fingerprint density at radius 1 is 1.09 bits per heavy atom. The molecule has 0 bridgehead atoms. The maximum absolute atomic E-state index is 13.6. The van der Waals surface area contributed by atoms with E-state index in [9.17, 15) is 14.0 Å². The van der Waals surface area contributed by atoms with Crippen molar-refractivity contribution in [2.24, 2.45) is 0 Å². The minimum Gasteiger partial charge on any atom is -0.378 e. The molecule has 6 nitrogen and oxygen atoms in total. The standard InChI is InChI=1S/C28H28FN3O3/c1-18(28(34)32-13-15-35-16-14-32)30-27(33)25-22-6-2-3-8-24(22)31-26-20(5-4-7-23(25)26)17-19-9-11-21(29)12-10-19/h2-3,6,8-12,17-18H,4-5,7,13-16H2,1H3,(H,30,33)/b20-17-. The first kappa shape index (κ1) is 23.2. The Labute approximate surface area is 203 Å². The average molecular weight is 474 g/mol. The van der Waals surface area contributed by atoms with Gasteiger partial charge in [0.05, 0.1) is 30.0 Å². The molecule has 1 saturated heterocycles. The number of benzene rings is 2.